The molecule has 1 amide bonds. The number of likely N-dealkylation sites (N-methyl/N-ethyl adjacent to an activating group) is 1. The highest BCUT2D eigenvalue weighted by Crippen LogP contribution is 2.24. The molecule has 0 spiro atoms. The van der Waals surface area contributed by atoms with Crippen molar-refractivity contribution in [3.8, 4) is 11.5 Å². The molecule has 0 aliphatic heterocycles. The summed E-state index contributed by atoms with van der Waals surface area (Å²) in [6.45, 7) is 0. The van der Waals surface area contributed by atoms with Crippen LogP contribution in [0.5, 0.6) is 11.5 Å². The zero-order valence-corrected chi connectivity index (χ0v) is 9.69. The third-order valence-corrected chi connectivity index (χ3v) is 2.22. The molecule has 0 aromatic heterocycles. The van der Waals surface area contributed by atoms with E-state index in [1.54, 1.807) is 32.4 Å². The smallest absolute Gasteiger partial charge is 0.240 e. The lowest BCUT2D eigenvalue weighted by molar-refractivity contribution is -0.129. The molecule has 2 N–H and O–H groups in total. The van der Waals surface area contributed by atoms with Gasteiger partial charge in [0.1, 0.15) is 11.5 Å². The van der Waals surface area contributed by atoms with Gasteiger partial charge in [-0.1, -0.05) is 0 Å². The number of carbonyl (C=O) groups is 1. The average molecular weight is 224 g/mol. The zero-order chi connectivity index (χ0) is 12.1. The first-order chi connectivity index (χ1) is 7.58. The van der Waals surface area contributed by atoms with Crippen LogP contribution in [0.4, 0.5) is 0 Å². The third kappa shape index (κ3) is 2.87. The van der Waals surface area contributed by atoms with Gasteiger partial charge in [0.15, 0.2) is 0 Å². The lowest BCUT2D eigenvalue weighted by Gasteiger charge is -2.13. The number of hydrogen-bond donors (Lipinski definition) is 1. The molecule has 16 heavy (non-hydrogen) atoms. The van der Waals surface area contributed by atoms with E-state index in [4.69, 9.17) is 15.3 Å². The molecule has 5 heteroatoms. The van der Waals surface area contributed by atoms with Gasteiger partial charge in [-0.3, -0.25) is 9.80 Å². The van der Waals surface area contributed by atoms with Crippen LogP contribution < -0.4 is 15.3 Å². The van der Waals surface area contributed by atoms with Gasteiger partial charge in [0.05, 0.1) is 20.6 Å². The fourth-order valence-corrected chi connectivity index (χ4v) is 1.31. The Morgan fingerprint density at radius 1 is 1.38 bits per heavy atom. The van der Waals surface area contributed by atoms with E-state index in [0.29, 0.717) is 11.5 Å². The molecule has 5 nitrogen and oxygen atoms in total. The summed E-state index contributed by atoms with van der Waals surface area (Å²) in [4.78, 5) is 11.5. The fraction of sp³-hybridized carbons (Fsp3) is 0.364. The van der Waals surface area contributed by atoms with Gasteiger partial charge in [0, 0.05) is 12.6 Å². The SMILES string of the molecule is COc1ccc(OC)c(CC(=O)N(C)N)c1. The summed E-state index contributed by atoms with van der Waals surface area (Å²) in [7, 11) is 4.64. The summed E-state index contributed by atoms with van der Waals surface area (Å²) in [5.41, 5.74) is 0.754. The van der Waals surface area contributed by atoms with Crippen LogP contribution in [0.3, 0.4) is 0 Å². The van der Waals surface area contributed by atoms with Crippen molar-refractivity contribution in [1.82, 2.24) is 5.01 Å². The number of hydrogen-bond acceptors (Lipinski definition) is 4. The molecule has 0 radical (unpaired) electrons. The predicted molar refractivity (Wildman–Crippen MR) is 60.2 cm³/mol. The number of benzene rings is 1. The van der Waals surface area contributed by atoms with Crippen molar-refractivity contribution in [3.63, 3.8) is 0 Å². The second kappa shape index (κ2) is 5.37. The van der Waals surface area contributed by atoms with Gasteiger partial charge >= 0.3 is 0 Å². The molecule has 0 saturated heterocycles. The highest BCUT2D eigenvalue weighted by Gasteiger charge is 2.11. The maximum Gasteiger partial charge on any atom is 0.240 e. The first-order valence-corrected chi connectivity index (χ1v) is 4.80. The highest BCUT2D eigenvalue weighted by atomic mass is 16.5. The molecule has 0 atom stereocenters. The van der Waals surface area contributed by atoms with Crippen molar-refractivity contribution in [2.24, 2.45) is 5.84 Å². The number of nitrogens with two attached hydrogens (primary N) is 1. The first kappa shape index (κ1) is 12.3. The van der Waals surface area contributed by atoms with Crippen LogP contribution in [0, 0.1) is 0 Å². The van der Waals surface area contributed by atoms with E-state index in [1.807, 2.05) is 0 Å². The van der Waals surface area contributed by atoms with E-state index < -0.39 is 0 Å². The highest BCUT2D eigenvalue weighted by molar-refractivity contribution is 5.78. The molecule has 0 aliphatic rings. The molecule has 0 saturated carbocycles. The molecule has 1 aromatic rings. The summed E-state index contributed by atoms with van der Waals surface area (Å²) in [5.74, 6) is 6.50. The van der Waals surface area contributed by atoms with Gasteiger partial charge in [-0.15, -0.1) is 0 Å². The third-order valence-electron chi connectivity index (χ3n) is 2.22. The molecular formula is C11H16N2O3. The van der Waals surface area contributed by atoms with Crippen LogP contribution in [0.2, 0.25) is 0 Å². The Labute approximate surface area is 94.7 Å². The van der Waals surface area contributed by atoms with Gasteiger partial charge in [-0.25, -0.2) is 5.84 Å². The Hall–Kier alpha value is -1.75. The fourth-order valence-electron chi connectivity index (χ4n) is 1.31. The zero-order valence-electron chi connectivity index (χ0n) is 9.69. The van der Waals surface area contributed by atoms with E-state index in [0.717, 1.165) is 10.6 Å². The Balaban J connectivity index is 2.95. The van der Waals surface area contributed by atoms with Gasteiger partial charge in [-0.05, 0) is 18.2 Å². The number of carbonyl (C=O) groups excluding carboxylic acids is 1. The summed E-state index contributed by atoms with van der Waals surface area (Å²) in [5, 5.41) is 1.05. The van der Waals surface area contributed by atoms with Crippen molar-refractivity contribution in [2.45, 2.75) is 6.42 Å². The number of amides is 1. The van der Waals surface area contributed by atoms with Crippen molar-refractivity contribution < 1.29 is 14.3 Å². The van der Waals surface area contributed by atoms with Gasteiger partial charge in [-0.2, -0.15) is 0 Å². The van der Waals surface area contributed by atoms with Crippen molar-refractivity contribution in [1.29, 1.82) is 0 Å². The summed E-state index contributed by atoms with van der Waals surface area (Å²) in [6.07, 6.45) is 0.188. The molecule has 1 aromatic carbocycles. The molecule has 0 unspecified atom stereocenters. The van der Waals surface area contributed by atoms with E-state index >= 15 is 0 Å². The standard InChI is InChI=1S/C11H16N2O3/c1-13(12)11(14)7-8-6-9(15-2)4-5-10(8)16-3/h4-6H,7,12H2,1-3H3. The van der Waals surface area contributed by atoms with Crippen molar-refractivity contribution in [3.05, 3.63) is 23.8 Å². The van der Waals surface area contributed by atoms with Crippen LogP contribution in [-0.2, 0) is 11.2 Å². The normalized spacial score (nSPS) is 9.75. The van der Waals surface area contributed by atoms with Crippen molar-refractivity contribution >= 4 is 5.91 Å². The van der Waals surface area contributed by atoms with Crippen LogP contribution in [0.1, 0.15) is 5.56 Å². The maximum absolute atomic E-state index is 11.5. The molecule has 1 rings (SSSR count). The first-order valence-electron chi connectivity index (χ1n) is 4.80. The molecule has 0 fully saturated rings. The number of hydrazine groups is 1. The van der Waals surface area contributed by atoms with E-state index in [-0.39, 0.29) is 12.3 Å². The van der Waals surface area contributed by atoms with E-state index in [9.17, 15) is 4.79 Å². The minimum Gasteiger partial charge on any atom is -0.497 e. The number of nitrogens with zero attached hydrogens (tertiary/aromatic N) is 1. The summed E-state index contributed by atoms with van der Waals surface area (Å²) >= 11 is 0. The summed E-state index contributed by atoms with van der Waals surface area (Å²) in [6, 6.07) is 5.30. The lowest BCUT2D eigenvalue weighted by Crippen LogP contribution is -2.34. The predicted octanol–water partition coefficient (Wildman–Crippen LogP) is 0.578. The number of methoxy groups -OCH3 is 2. The number of rotatable bonds is 4. The second-order valence-corrected chi connectivity index (χ2v) is 3.36. The number of ether oxygens (including phenoxy) is 2. The Bertz CT molecular complexity index is 377. The van der Waals surface area contributed by atoms with E-state index in [2.05, 4.69) is 0 Å². The molecule has 0 aliphatic carbocycles. The second-order valence-electron chi connectivity index (χ2n) is 3.36. The maximum atomic E-state index is 11.5. The minimum atomic E-state index is -0.188. The minimum absolute atomic E-state index is 0.188. The van der Waals surface area contributed by atoms with Crippen LogP contribution >= 0.6 is 0 Å². The van der Waals surface area contributed by atoms with Crippen LogP contribution in [0.25, 0.3) is 0 Å². The van der Waals surface area contributed by atoms with Crippen molar-refractivity contribution in [2.75, 3.05) is 21.3 Å². The van der Waals surface area contributed by atoms with Gasteiger partial charge in [0.2, 0.25) is 5.91 Å². The molecule has 88 valence electrons. The topological polar surface area (TPSA) is 64.8 Å². The van der Waals surface area contributed by atoms with Crippen LogP contribution in [-0.4, -0.2) is 32.2 Å². The van der Waals surface area contributed by atoms with Crippen LogP contribution in [0.15, 0.2) is 18.2 Å². The molecular weight excluding hydrogens is 208 g/mol. The van der Waals surface area contributed by atoms with Gasteiger partial charge < -0.3 is 9.47 Å². The monoisotopic (exact) mass is 224 g/mol. The average Bonchev–Trinajstić information content (AvgIpc) is 2.28. The largest absolute Gasteiger partial charge is 0.497 e. The Morgan fingerprint density at radius 3 is 2.56 bits per heavy atom. The van der Waals surface area contributed by atoms with E-state index in [1.165, 1.54) is 7.05 Å². The quantitative estimate of drug-likeness (QED) is 0.461. The molecule has 0 bridgehead atoms. The van der Waals surface area contributed by atoms with Gasteiger partial charge in [0.25, 0.3) is 0 Å². The molecule has 0 heterocycles. The lowest BCUT2D eigenvalue weighted by atomic mass is 10.1. The summed E-state index contributed by atoms with van der Waals surface area (Å²) < 4.78 is 10.2. The Morgan fingerprint density at radius 2 is 2.06 bits per heavy atom. The Kier molecular flexibility index (Phi) is 4.13.